The van der Waals surface area contributed by atoms with Crippen molar-refractivity contribution in [3.8, 4) is 5.75 Å². The lowest BCUT2D eigenvalue weighted by molar-refractivity contribution is -0.170. The van der Waals surface area contributed by atoms with Crippen LogP contribution in [0, 0.1) is 11.8 Å². The molecule has 0 aromatic heterocycles. The molecule has 0 saturated heterocycles. The minimum Gasteiger partial charge on any atom is -0.508 e. The number of phenolic OH excluding ortho intramolecular Hbond substituents is 1. The molecule has 0 radical (unpaired) electrons. The van der Waals surface area contributed by atoms with Gasteiger partial charge in [0.05, 0.1) is 24.4 Å². The molecule has 0 bridgehead atoms. The summed E-state index contributed by atoms with van der Waals surface area (Å²) in [6, 6.07) is 2.01. The first-order valence-corrected chi connectivity index (χ1v) is 13.7. The van der Waals surface area contributed by atoms with Gasteiger partial charge < -0.3 is 51.5 Å². The first-order chi connectivity index (χ1) is 21.1. The van der Waals surface area contributed by atoms with E-state index in [-0.39, 0.29) is 29.7 Å². The number of carboxylic acid groups (broad SMARTS) is 3. The van der Waals surface area contributed by atoms with Crippen molar-refractivity contribution in [2.45, 2.75) is 42.9 Å². The number of nitrogens with zero attached hydrogens (tertiary/aromatic N) is 2. The van der Waals surface area contributed by atoms with E-state index in [1.165, 1.54) is 11.0 Å². The fourth-order valence-electron chi connectivity index (χ4n) is 6.36. The average molecular weight is 650 g/mol. The molecule has 1 fully saturated rings. The number of aliphatic hydroxyl groups excluding tert-OH is 2. The van der Waals surface area contributed by atoms with E-state index in [9.17, 15) is 49.2 Å². The highest BCUT2D eigenvalue weighted by Crippen LogP contribution is 2.53. The van der Waals surface area contributed by atoms with Gasteiger partial charge in [0.1, 0.15) is 22.8 Å². The Bertz CT molecular complexity index is 1580. The van der Waals surface area contributed by atoms with E-state index in [0.717, 1.165) is 5.69 Å². The number of carbonyl (C=O) groups excluding carboxylic acids is 3. The molecule has 3 aliphatic rings. The molecule has 46 heavy (non-hydrogen) atoms. The molecular formula is C29H35N3O14. The van der Waals surface area contributed by atoms with Crippen LogP contribution in [0.4, 0.5) is 5.69 Å². The molecule has 0 spiro atoms. The smallest absolute Gasteiger partial charge is 0.336 e. The number of aliphatic hydroxyl groups is 4. The van der Waals surface area contributed by atoms with Crippen LogP contribution < -0.4 is 10.6 Å². The van der Waals surface area contributed by atoms with Gasteiger partial charge in [-0.1, -0.05) is 0 Å². The summed E-state index contributed by atoms with van der Waals surface area (Å²) in [5.74, 6) is -11.6. The summed E-state index contributed by atoms with van der Waals surface area (Å²) < 4.78 is 0. The average Bonchev–Trinajstić information content (AvgIpc) is 2.89. The zero-order valence-corrected chi connectivity index (χ0v) is 25.2. The van der Waals surface area contributed by atoms with Gasteiger partial charge in [0.2, 0.25) is 5.78 Å². The maximum Gasteiger partial charge on any atom is 0.336 e. The first kappa shape index (κ1) is 35.5. The number of anilines is 1. The fraction of sp³-hybridized carbons (Fsp3) is 0.448. The van der Waals surface area contributed by atoms with Crippen LogP contribution in [0.1, 0.15) is 30.4 Å². The van der Waals surface area contributed by atoms with Crippen LogP contribution in [-0.4, -0.2) is 127 Å². The number of phenols is 1. The first-order valence-electron chi connectivity index (χ1n) is 13.7. The third-order valence-corrected chi connectivity index (χ3v) is 8.35. The molecule has 250 valence electrons. The van der Waals surface area contributed by atoms with E-state index >= 15 is 0 Å². The van der Waals surface area contributed by atoms with E-state index in [2.05, 4.69) is 0 Å². The number of benzene rings is 1. The van der Waals surface area contributed by atoms with Gasteiger partial charge in [-0.25, -0.2) is 4.79 Å². The Morgan fingerprint density at radius 1 is 0.978 bits per heavy atom. The number of hydrogen-bond acceptors (Lipinski definition) is 13. The molecule has 17 nitrogen and oxygen atoms in total. The quantitative estimate of drug-likeness (QED) is 0.149. The molecule has 3 aliphatic carbocycles. The summed E-state index contributed by atoms with van der Waals surface area (Å²) >= 11 is 0. The Labute approximate surface area is 261 Å². The summed E-state index contributed by atoms with van der Waals surface area (Å²) in [5, 5.41) is 77.7. The summed E-state index contributed by atoms with van der Waals surface area (Å²) in [6.45, 7) is 0. The van der Waals surface area contributed by atoms with Crippen molar-refractivity contribution in [1.29, 1.82) is 0 Å². The number of nitrogens with two attached hydrogens (primary N) is 1. The lowest BCUT2D eigenvalue weighted by Gasteiger charge is -2.50. The number of aromatic hydroxyl groups is 1. The van der Waals surface area contributed by atoms with Gasteiger partial charge in [0, 0.05) is 31.3 Å². The van der Waals surface area contributed by atoms with Crippen molar-refractivity contribution in [1.82, 2.24) is 4.90 Å². The molecule has 0 unspecified atom stereocenters. The Morgan fingerprint density at radius 2 is 1.52 bits per heavy atom. The second-order valence-electron chi connectivity index (χ2n) is 11.8. The van der Waals surface area contributed by atoms with E-state index in [0.29, 0.717) is 5.56 Å². The van der Waals surface area contributed by atoms with E-state index in [4.69, 9.17) is 26.2 Å². The minimum absolute atomic E-state index is 0.0638. The van der Waals surface area contributed by atoms with Crippen molar-refractivity contribution in [3.63, 3.8) is 0 Å². The molecule has 10 N–H and O–H groups in total. The second-order valence-corrected chi connectivity index (χ2v) is 11.8. The molecule has 1 amide bonds. The van der Waals surface area contributed by atoms with Crippen LogP contribution in [0.5, 0.6) is 5.75 Å². The van der Waals surface area contributed by atoms with Crippen molar-refractivity contribution < 1.29 is 69.6 Å². The van der Waals surface area contributed by atoms with E-state index < -0.39 is 94.4 Å². The number of Topliss-reactive ketones (excluding diaryl/α,β-unsaturated/α-hetero) is 2. The third kappa shape index (κ3) is 5.86. The number of aliphatic carboxylic acids is 3. The van der Waals surface area contributed by atoms with Gasteiger partial charge in [-0.3, -0.25) is 28.9 Å². The highest BCUT2D eigenvalue weighted by atomic mass is 16.4. The number of carboxylic acids is 3. The molecule has 0 aliphatic heterocycles. The van der Waals surface area contributed by atoms with Crippen LogP contribution in [-0.2, 0) is 35.2 Å². The maximum atomic E-state index is 13.7. The largest absolute Gasteiger partial charge is 0.508 e. The van der Waals surface area contributed by atoms with Gasteiger partial charge in [-0.2, -0.15) is 0 Å². The lowest BCUT2D eigenvalue weighted by Crippen LogP contribution is -2.65. The third-order valence-electron chi connectivity index (χ3n) is 8.35. The Morgan fingerprint density at radius 3 is 1.96 bits per heavy atom. The van der Waals surface area contributed by atoms with Gasteiger partial charge in [0.15, 0.2) is 17.0 Å². The van der Waals surface area contributed by atoms with Crippen molar-refractivity contribution >= 4 is 46.8 Å². The topological polar surface area (TPSA) is 297 Å². The van der Waals surface area contributed by atoms with Crippen LogP contribution >= 0.6 is 0 Å². The monoisotopic (exact) mass is 649 g/mol. The predicted molar refractivity (Wildman–Crippen MR) is 156 cm³/mol. The predicted octanol–water partition coefficient (Wildman–Crippen LogP) is -1.22. The number of fused-ring (bicyclic) bond motifs is 3. The van der Waals surface area contributed by atoms with Gasteiger partial charge in [0.25, 0.3) is 5.91 Å². The van der Waals surface area contributed by atoms with E-state index in [1.54, 1.807) is 20.2 Å². The zero-order valence-electron chi connectivity index (χ0n) is 25.2. The number of amides is 1. The van der Waals surface area contributed by atoms with Crippen LogP contribution in [0.3, 0.4) is 0 Å². The van der Waals surface area contributed by atoms with Crippen molar-refractivity contribution in [3.05, 3.63) is 40.2 Å². The van der Waals surface area contributed by atoms with Crippen LogP contribution in [0.15, 0.2) is 29.0 Å². The lowest BCUT2D eigenvalue weighted by atomic mass is 9.57. The normalized spacial score (nSPS) is 23.9. The molecular weight excluding hydrogens is 614 g/mol. The Balaban J connectivity index is 0.000000376. The Hall–Kier alpha value is -5.00. The van der Waals surface area contributed by atoms with Crippen LogP contribution in [0.2, 0.25) is 0 Å². The maximum absolute atomic E-state index is 13.7. The fourth-order valence-corrected chi connectivity index (χ4v) is 6.36. The highest BCUT2D eigenvalue weighted by molar-refractivity contribution is 6.24. The standard InChI is InChI=1S/C23H27N3O7.C6H8O7/c1-25(2)12-5-6-13(27)15-10(12)7-9-8-11-17(26(3)4)19(29)16(22(24)32)21(31)23(11,33)20(30)14(9)18(15)28;7-3(8)1-6(13,5(11)12)2-4(9)10/h5-6,9,11,17,27-28,31,33H,7-8H2,1-4H3,(H2,24,32);13H,1-2H2,(H,7,8)(H,9,10)(H,11,12)/t9-,11-,17-,23-;/m0./s1. The zero-order chi connectivity index (χ0) is 35.2. The molecule has 0 heterocycles. The minimum atomic E-state index is -2.74. The Kier molecular flexibility index (Phi) is 9.58. The van der Waals surface area contributed by atoms with Gasteiger partial charge >= 0.3 is 17.9 Å². The highest BCUT2D eigenvalue weighted by Gasteiger charge is 2.64. The number of hydrogen-bond donors (Lipinski definition) is 9. The number of rotatable bonds is 8. The molecule has 1 saturated carbocycles. The molecule has 1 aromatic carbocycles. The van der Waals surface area contributed by atoms with Crippen molar-refractivity contribution in [2.75, 3.05) is 33.1 Å². The molecule has 4 rings (SSSR count). The number of carbonyl (C=O) groups is 6. The summed E-state index contributed by atoms with van der Waals surface area (Å²) in [7, 11) is 6.75. The molecule has 1 aromatic rings. The summed E-state index contributed by atoms with van der Waals surface area (Å²) in [5.41, 5.74) is 0.410. The SMILES string of the molecule is CN(C)c1ccc(O)c2c1C[C@H]1C[C@H]3[C@H](N(C)C)C(=O)C(C(N)=O)=C(O)[C@@]3(O)C(=O)C1=C2O.O=C(O)CC(O)(CC(=O)O)C(=O)O. The summed E-state index contributed by atoms with van der Waals surface area (Å²) in [4.78, 5) is 72.5. The summed E-state index contributed by atoms with van der Waals surface area (Å²) in [6.07, 6.45) is -1.96. The number of primary amides is 1. The number of ketones is 2. The van der Waals surface area contributed by atoms with Gasteiger partial charge in [-0.15, -0.1) is 0 Å². The van der Waals surface area contributed by atoms with Crippen LogP contribution in [0.25, 0.3) is 5.76 Å². The second kappa shape index (κ2) is 12.4. The van der Waals surface area contributed by atoms with Gasteiger partial charge in [-0.05, 0) is 50.6 Å². The van der Waals surface area contributed by atoms with E-state index in [1.807, 2.05) is 19.0 Å². The van der Waals surface area contributed by atoms with Crippen molar-refractivity contribution in [2.24, 2.45) is 17.6 Å². The number of likely N-dealkylation sites (N-methyl/N-ethyl adjacent to an activating group) is 1. The molecule has 4 atom stereocenters. The molecule has 17 heteroatoms.